The Morgan fingerprint density at radius 1 is 1.25 bits per heavy atom. The molecular formula is C25H34N4O2S. The van der Waals surface area contributed by atoms with Gasteiger partial charge in [-0.05, 0) is 55.2 Å². The van der Waals surface area contributed by atoms with Crippen molar-refractivity contribution in [2.45, 2.75) is 65.6 Å². The molecule has 2 N–H and O–H groups in total. The minimum atomic E-state index is -0.387. The van der Waals surface area contributed by atoms with Crippen molar-refractivity contribution in [2.24, 2.45) is 10.8 Å². The first-order valence-corrected chi connectivity index (χ1v) is 12.3. The molecule has 1 aliphatic heterocycles. The van der Waals surface area contributed by atoms with Gasteiger partial charge in [-0.1, -0.05) is 45.0 Å². The molecule has 1 aromatic heterocycles. The lowest BCUT2D eigenvalue weighted by molar-refractivity contribution is -0.142. The van der Waals surface area contributed by atoms with Crippen LogP contribution in [0.5, 0.6) is 0 Å². The standard InChI is InChI=1S/C25H34N4O2S/c1-16-20(32-15-28-16)18-8-6-17(7-9-18)13-27-22(30)19-12-25(10-11-25)14-29(19)23(31)21(26-5)24(2,3)4/h6-9,15,19,21,26H,10-14H2,1-5H3,(H,27,30)/t19-,21+/m0/s1. The van der Waals surface area contributed by atoms with Crippen LogP contribution in [0.25, 0.3) is 10.4 Å². The normalized spacial score (nSPS) is 20.4. The number of thiazole rings is 1. The molecule has 1 saturated carbocycles. The molecule has 7 heteroatoms. The van der Waals surface area contributed by atoms with Gasteiger partial charge in [0.25, 0.3) is 0 Å². The van der Waals surface area contributed by atoms with E-state index < -0.39 is 0 Å². The average Bonchev–Trinajstić information content (AvgIpc) is 3.17. The molecule has 0 unspecified atom stereocenters. The summed E-state index contributed by atoms with van der Waals surface area (Å²) in [4.78, 5) is 33.9. The first-order chi connectivity index (χ1) is 15.1. The first kappa shape index (κ1) is 22.9. The minimum Gasteiger partial charge on any atom is -0.350 e. The van der Waals surface area contributed by atoms with Gasteiger partial charge in [-0.2, -0.15) is 0 Å². The van der Waals surface area contributed by atoms with Crippen molar-refractivity contribution in [2.75, 3.05) is 13.6 Å². The van der Waals surface area contributed by atoms with Crippen molar-refractivity contribution in [1.29, 1.82) is 0 Å². The van der Waals surface area contributed by atoms with E-state index in [0.29, 0.717) is 13.1 Å². The molecule has 2 atom stereocenters. The Bertz CT molecular complexity index is 988. The third-order valence-corrected chi connectivity index (χ3v) is 7.86. The predicted octanol–water partition coefficient (Wildman–Crippen LogP) is 3.75. The van der Waals surface area contributed by atoms with E-state index in [9.17, 15) is 9.59 Å². The number of carbonyl (C=O) groups is 2. The molecule has 1 aromatic carbocycles. The highest BCUT2D eigenvalue weighted by Crippen LogP contribution is 2.55. The molecule has 1 saturated heterocycles. The van der Waals surface area contributed by atoms with Gasteiger partial charge >= 0.3 is 0 Å². The van der Waals surface area contributed by atoms with Gasteiger partial charge in [0, 0.05) is 13.1 Å². The number of nitrogens with zero attached hydrogens (tertiary/aromatic N) is 2. The number of carbonyl (C=O) groups excluding carboxylic acids is 2. The fourth-order valence-corrected chi connectivity index (χ4v) is 5.63. The SMILES string of the molecule is CN[C@H](C(=O)N1CC2(CC2)C[C@H]1C(=O)NCc1ccc(-c2scnc2C)cc1)C(C)(C)C. The number of amides is 2. The van der Waals surface area contributed by atoms with Crippen LogP contribution in [0, 0.1) is 17.8 Å². The Kier molecular flexibility index (Phi) is 6.16. The Labute approximate surface area is 194 Å². The highest BCUT2D eigenvalue weighted by Gasteiger charge is 2.56. The van der Waals surface area contributed by atoms with Gasteiger partial charge in [0.1, 0.15) is 6.04 Å². The summed E-state index contributed by atoms with van der Waals surface area (Å²) in [5.74, 6) is -0.0125. The number of likely N-dealkylation sites (tertiary alicyclic amines) is 1. The fraction of sp³-hybridized carbons (Fsp3) is 0.560. The van der Waals surface area contributed by atoms with Crippen LogP contribution in [0.2, 0.25) is 0 Å². The molecule has 2 aromatic rings. The van der Waals surface area contributed by atoms with E-state index in [1.807, 2.05) is 36.5 Å². The van der Waals surface area contributed by atoms with E-state index in [4.69, 9.17) is 0 Å². The van der Waals surface area contributed by atoms with E-state index in [2.05, 4.69) is 48.5 Å². The van der Waals surface area contributed by atoms with Gasteiger partial charge in [-0.25, -0.2) is 4.98 Å². The molecule has 172 valence electrons. The van der Waals surface area contributed by atoms with E-state index in [1.165, 1.54) is 4.88 Å². The maximum Gasteiger partial charge on any atom is 0.243 e. The number of aromatic nitrogens is 1. The largest absolute Gasteiger partial charge is 0.350 e. The summed E-state index contributed by atoms with van der Waals surface area (Å²) in [7, 11) is 1.82. The maximum absolute atomic E-state index is 13.4. The van der Waals surface area contributed by atoms with Crippen LogP contribution in [0.1, 0.15) is 51.3 Å². The third kappa shape index (κ3) is 4.59. The zero-order valence-corrected chi connectivity index (χ0v) is 20.5. The lowest BCUT2D eigenvalue weighted by atomic mass is 9.86. The van der Waals surface area contributed by atoms with Crippen LogP contribution in [0.15, 0.2) is 29.8 Å². The number of rotatable bonds is 6. The van der Waals surface area contributed by atoms with E-state index in [0.717, 1.165) is 36.1 Å². The summed E-state index contributed by atoms with van der Waals surface area (Å²) in [5, 5.41) is 6.27. The van der Waals surface area contributed by atoms with Crippen molar-refractivity contribution in [1.82, 2.24) is 20.5 Å². The molecule has 2 amide bonds. The molecule has 2 fully saturated rings. The number of hydrogen-bond acceptors (Lipinski definition) is 5. The van der Waals surface area contributed by atoms with Crippen LogP contribution in [-0.4, -0.2) is 47.4 Å². The zero-order chi connectivity index (χ0) is 23.1. The molecule has 2 aliphatic rings. The Hall–Kier alpha value is -2.25. The first-order valence-electron chi connectivity index (χ1n) is 11.4. The lowest BCUT2D eigenvalue weighted by Gasteiger charge is -2.34. The summed E-state index contributed by atoms with van der Waals surface area (Å²) >= 11 is 1.63. The Morgan fingerprint density at radius 3 is 2.47 bits per heavy atom. The van der Waals surface area contributed by atoms with Crippen molar-refractivity contribution in [3.8, 4) is 10.4 Å². The number of hydrogen-bond donors (Lipinski definition) is 2. The highest BCUT2D eigenvalue weighted by molar-refractivity contribution is 7.13. The number of benzene rings is 1. The predicted molar refractivity (Wildman–Crippen MR) is 128 cm³/mol. The van der Waals surface area contributed by atoms with Crippen LogP contribution in [-0.2, 0) is 16.1 Å². The van der Waals surface area contributed by atoms with Gasteiger partial charge in [-0.3, -0.25) is 9.59 Å². The summed E-state index contributed by atoms with van der Waals surface area (Å²) in [6.45, 7) is 9.34. The average molecular weight is 455 g/mol. The van der Waals surface area contributed by atoms with E-state index in [1.54, 1.807) is 11.3 Å². The minimum absolute atomic E-state index is 0.0354. The molecule has 0 bridgehead atoms. The quantitative estimate of drug-likeness (QED) is 0.697. The summed E-state index contributed by atoms with van der Waals surface area (Å²) in [6, 6.07) is 7.55. The van der Waals surface area contributed by atoms with Crippen LogP contribution in [0.4, 0.5) is 0 Å². The zero-order valence-electron chi connectivity index (χ0n) is 19.7. The molecule has 1 spiro atoms. The highest BCUT2D eigenvalue weighted by atomic mass is 32.1. The maximum atomic E-state index is 13.4. The van der Waals surface area contributed by atoms with Gasteiger partial charge < -0.3 is 15.5 Å². The Morgan fingerprint density at radius 2 is 1.94 bits per heavy atom. The topological polar surface area (TPSA) is 74.3 Å². The lowest BCUT2D eigenvalue weighted by Crippen LogP contribution is -2.55. The van der Waals surface area contributed by atoms with Crippen molar-refractivity contribution < 1.29 is 9.59 Å². The van der Waals surface area contributed by atoms with Gasteiger partial charge in [0.2, 0.25) is 11.8 Å². The molecule has 4 rings (SSSR count). The van der Waals surface area contributed by atoms with E-state index in [-0.39, 0.29) is 34.7 Å². The second-order valence-electron chi connectivity index (χ2n) is 10.5. The van der Waals surface area contributed by atoms with E-state index >= 15 is 0 Å². The van der Waals surface area contributed by atoms with Gasteiger partial charge in [0.15, 0.2) is 0 Å². The number of likely N-dealkylation sites (N-methyl/N-ethyl adjacent to an activating group) is 1. The third-order valence-electron chi connectivity index (χ3n) is 6.88. The molecule has 1 aliphatic carbocycles. The summed E-state index contributed by atoms with van der Waals surface area (Å²) in [6.07, 6.45) is 2.99. The van der Waals surface area contributed by atoms with Crippen LogP contribution >= 0.6 is 11.3 Å². The summed E-state index contributed by atoms with van der Waals surface area (Å²) < 4.78 is 0. The van der Waals surface area contributed by atoms with Crippen molar-refractivity contribution in [3.63, 3.8) is 0 Å². The van der Waals surface area contributed by atoms with Crippen molar-refractivity contribution >= 4 is 23.2 Å². The molecule has 0 radical (unpaired) electrons. The van der Waals surface area contributed by atoms with Crippen molar-refractivity contribution in [3.05, 3.63) is 41.0 Å². The fourth-order valence-electron chi connectivity index (χ4n) is 4.81. The van der Waals surface area contributed by atoms with Crippen LogP contribution < -0.4 is 10.6 Å². The van der Waals surface area contributed by atoms with Gasteiger partial charge in [0.05, 0.1) is 22.1 Å². The monoisotopic (exact) mass is 454 g/mol. The van der Waals surface area contributed by atoms with Crippen LogP contribution in [0.3, 0.4) is 0 Å². The molecule has 2 heterocycles. The molecular weight excluding hydrogens is 420 g/mol. The summed E-state index contributed by atoms with van der Waals surface area (Å²) in [5.41, 5.74) is 5.02. The second-order valence-corrected chi connectivity index (χ2v) is 11.3. The molecule has 32 heavy (non-hydrogen) atoms. The Balaban J connectivity index is 1.42. The molecule has 6 nitrogen and oxygen atoms in total. The van der Waals surface area contributed by atoms with Gasteiger partial charge in [-0.15, -0.1) is 11.3 Å². The number of nitrogens with one attached hydrogen (secondary N) is 2. The second kappa shape index (κ2) is 8.60. The number of aryl methyl sites for hydroxylation is 1. The smallest absolute Gasteiger partial charge is 0.243 e.